The van der Waals surface area contributed by atoms with Gasteiger partial charge in [-0.1, -0.05) is 12.1 Å². The van der Waals surface area contributed by atoms with Crippen LogP contribution in [0.5, 0.6) is 0 Å². The molecule has 16 heavy (non-hydrogen) atoms. The first-order valence-electron chi connectivity index (χ1n) is 4.85. The van der Waals surface area contributed by atoms with Gasteiger partial charge in [0.2, 0.25) is 0 Å². The van der Waals surface area contributed by atoms with E-state index in [0.717, 1.165) is 3.57 Å². The third-order valence-corrected chi connectivity index (χ3v) is 3.77. The highest BCUT2D eigenvalue weighted by Gasteiger charge is 2.08. The number of rotatable bonds is 5. The molecule has 5 heteroatoms. The number of hydrogen-bond acceptors (Lipinski definition) is 3. The number of halogens is 1. The third-order valence-electron chi connectivity index (χ3n) is 2.07. The van der Waals surface area contributed by atoms with E-state index in [9.17, 15) is 13.2 Å². The van der Waals surface area contributed by atoms with Crippen LogP contribution in [0.2, 0.25) is 0 Å². The van der Waals surface area contributed by atoms with Crippen LogP contribution >= 0.6 is 22.6 Å². The molecule has 1 rings (SSSR count). The Morgan fingerprint density at radius 1 is 1.38 bits per heavy atom. The van der Waals surface area contributed by atoms with Crippen molar-refractivity contribution in [2.75, 3.05) is 12.0 Å². The summed E-state index contributed by atoms with van der Waals surface area (Å²) < 4.78 is 22.8. The van der Waals surface area contributed by atoms with Crippen LogP contribution in [0.3, 0.4) is 0 Å². The van der Waals surface area contributed by atoms with Crippen molar-refractivity contribution in [3.8, 4) is 0 Å². The summed E-state index contributed by atoms with van der Waals surface area (Å²) in [5.74, 6) is 0.0741. The Bertz CT molecular complexity index is 480. The maximum Gasteiger partial charge on any atom is 0.162 e. The van der Waals surface area contributed by atoms with Crippen molar-refractivity contribution in [2.24, 2.45) is 0 Å². The Kier molecular flexibility index (Phi) is 4.91. The molecule has 0 heterocycles. The van der Waals surface area contributed by atoms with Crippen molar-refractivity contribution in [3.05, 3.63) is 33.4 Å². The summed E-state index contributed by atoms with van der Waals surface area (Å²) in [6.07, 6.45) is 1.86. The standard InChI is InChI=1S/C11H13IO3S/c1-16(14,15)7-3-6-11(13)9-4-2-5-10(12)8-9/h2,4-5,8H,3,6-7H2,1H3. The second-order valence-corrected chi connectivity index (χ2v) is 7.17. The van der Waals surface area contributed by atoms with Crippen molar-refractivity contribution in [2.45, 2.75) is 12.8 Å². The molecule has 0 saturated heterocycles. The quantitative estimate of drug-likeness (QED) is 0.604. The van der Waals surface area contributed by atoms with E-state index in [0.29, 0.717) is 12.0 Å². The van der Waals surface area contributed by atoms with E-state index in [-0.39, 0.29) is 18.0 Å². The van der Waals surface area contributed by atoms with Gasteiger partial charge in [-0.2, -0.15) is 0 Å². The molecule has 0 radical (unpaired) electrons. The monoisotopic (exact) mass is 352 g/mol. The van der Waals surface area contributed by atoms with E-state index >= 15 is 0 Å². The Balaban J connectivity index is 2.54. The van der Waals surface area contributed by atoms with Crippen LogP contribution in [-0.4, -0.2) is 26.2 Å². The van der Waals surface area contributed by atoms with E-state index in [4.69, 9.17) is 0 Å². The van der Waals surface area contributed by atoms with Crippen LogP contribution in [0.25, 0.3) is 0 Å². The number of carbonyl (C=O) groups excluding carboxylic acids is 1. The van der Waals surface area contributed by atoms with Gasteiger partial charge in [-0.25, -0.2) is 8.42 Å². The molecule has 0 N–H and O–H groups in total. The lowest BCUT2D eigenvalue weighted by molar-refractivity contribution is 0.0982. The lowest BCUT2D eigenvalue weighted by Gasteiger charge is -2.01. The maximum atomic E-state index is 11.7. The Hall–Kier alpha value is -0.430. The maximum absolute atomic E-state index is 11.7. The second kappa shape index (κ2) is 5.77. The van der Waals surface area contributed by atoms with Gasteiger partial charge in [-0.3, -0.25) is 4.79 Å². The predicted octanol–water partition coefficient (Wildman–Crippen LogP) is 2.30. The van der Waals surface area contributed by atoms with Crippen LogP contribution in [0.4, 0.5) is 0 Å². The fourth-order valence-electron chi connectivity index (χ4n) is 1.30. The minimum absolute atomic E-state index is 0.00201. The Morgan fingerprint density at radius 3 is 2.62 bits per heavy atom. The number of sulfone groups is 1. The summed E-state index contributed by atoms with van der Waals surface area (Å²) in [5.41, 5.74) is 0.653. The zero-order valence-corrected chi connectivity index (χ0v) is 11.9. The highest BCUT2D eigenvalue weighted by Crippen LogP contribution is 2.11. The van der Waals surface area contributed by atoms with Gasteiger partial charge >= 0.3 is 0 Å². The minimum Gasteiger partial charge on any atom is -0.294 e. The van der Waals surface area contributed by atoms with Gasteiger partial charge in [-0.05, 0) is 41.1 Å². The molecule has 0 fully saturated rings. The highest BCUT2D eigenvalue weighted by molar-refractivity contribution is 14.1. The highest BCUT2D eigenvalue weighted by atomic mass is 127. The number of Topliss-reactive ketones (excluding diaryl/α,β-unsaturated/α-hetero) is 1. The molecular formula is C11H13IO3S. The molecule has 3 nitrogen and oxygen atoms in total. The van der Waals surface area contributed by atoms with Gasteiger partial charge in [0.25, 0.3) is 0 Å². The first-order chi connectivity index (χ1) is 7.38. The van der Waals surface area contributed by atoms with Gasteiger partial charge in [-0.15, -0.1) is 0 Å². The molecule has 0 spiro atoms. The van der Waals surface area contributed by atoms with E-state index in [1.165, 1.54) is 6.26 Å². The first-order valence-corrected chi connectivity index (χ1v) is 7.99. The number of carbonyl (C=O) groups is 1. The van der Waals surface area contributed by atoms with Crippen LogP contribution in [-0.2, 0) is 9.84 Å². The normalized spacial score (nSPS) is 11.4. The molecular weight excluding hydrogens is 339 g/mol. The fourth-order valence-corrected chi connectivity index (χ4v) is 2.51. The lowest BCUT2D eigenvalue weighted by Crippen LogP contribution is -2.06. The molecule has 1 aromatic rings. The zero-order valence-electron chi connectivity index (χ0n) is 8.94. The smallest absolute Gasteiger partial charge is 0.162 e. The molecule has 0 aliphatic heterocycles. The molecule has 0 atom stereocenters. The fraction of sp³-hybridized carbons (Fsp3) is 0.364. The lowest BCUT2D eigenvalue weighted by atomic mass is 10.1. The summed E-state index contributed by atoms with van der Waals surface area (Å²) in [7, 11) is -2.96. The molecule has 0 unspecified atom stereocenters. The van der Waals surface area contributed by atoms with Gasteiger partial charge in [0.05, 0.1) is 5.75 Å². The molecule has 0 aromatic heterocycles. The summed E-state index contributed by atoms with van der Waals surface area (Å²) in [5, 5.41) is 0. The Morgan fingerprint density at radius 2 is 2.06 bits per heavy atom. The Labute approximate surface area is 109 Å². The van der Waals surface area contributed by atoms with E-state index < -0.39 is 9.84 Å². The second-order valence-electron chi connectivity index (χ2n) is 3.67. The van der Waals surface area contributed by atoms with Gasteiger partial charge in [0.15, 0.2) is 5.78 Å². The first kappa shape index (κ1) is 13.6. The molecule has 0 amide bonds. The topological polar surface area (TPSA) is 51.2 Å². The van der Waals surface area contributed by atoms with Crippen molar-refractivity contribution in [1.82, 2.24) is 0 Å². The van der Waals surface area contributed by atoms with Crippen molar-refractivity contribution in [3.63, 3.8) is 0 Å². The summed E-state index contributed by atoms with van der Waals surface area (Å²) in [4.78, 5) is 11.7. The summed E-state index contributed by atoms with van der Waals surface area (Å²) >= 11 is 2.14. The summed E-state index contributed by atoms with van der Waals surface area (Å²) in [6, 6.07) is 7.30. The van der Waals surface area contributed by atoms with Gasteiger partial charge in [0, 0.05) is 21.8 Å². The van der Waals surface area contributed by atoms with Crippen LogP contribution in [0, 0.1) is 3.57 Å². The predicted molar refractivity (Wildman–Crippen MR) is 72.4 cm³/mol. The SMILES string of the molecule is CS(=O)(=O)CCCC(=O)c1cccc(I)c1. The average molecular weight is 352 g/mol. The molecule has 0 aliphatic carbocycles. The van der Waals surface area contributed by atoms with E-state index in [1.807, 2.05) is 18.2 Å². The molecule has 0 aliphatic rings. The van der Waals surface area contributed by atoms with Crippen molar-refractivity contribution in [1.29, 1.82) is 0 Å². The van der Waals surface area contributed by atoms with Crippen LogP contribution < -0.4 is 0 Å². The van der Waals surface area contributed by atoms with E-state index in [2.05, 4.69) is 22.6 Å². The van der Waals surface area contributed by atoms with Crippen molar-refractivity contribution >= 4 is 38.2 Å². The van der Waals surface area contributed by atoms with Crippen LogP contribution in [0.1, 0.15) is 23.2 Å². The third kappa shape index (κ3) is 5.07. The molecule has 88 valence electrons. The van der Waals surface area contributed by atoms with Gasteiger partial charge in [0.1, 0.15) is 9.84 Å². The average Bonchev–Trinajstić information content (AvgIpc) is 2.15. The summed E-state index contributed by atoms with van der Waals surface area (Å²) in [6.45, 7) is 0. The zero-order chi connectivity index (χ0) is 12.2. The minimum atomic E-state index is -2.96. The molecule has 0 saturated carbocycles. The van der Waals surface area contributed by atoms with Crippen LogP contribution in [0.15, 0.2) is 24.3 Å². The molecule has 0 bridgehead atoms. The van der Waals surface area contributed by atoms with Gasteiger partial charge < -0.3 is 0 Å². The largest absolute Gasteiger partial charge is 0.294 e. The van der Waals surface area contributed by atoms with E-state index in [1.54, 1.807) is 6.07 Å². The number of hydrogen-bond donors (Lipinski definition) is 0. The number of ketones is 1. The number of benzene rings is 1. The van der Waals surface area contributed by atoms with Crippen molar-refractivity contribution < 1.29 is 13.2 Å². The molecule has 1 aromatic carbocycles.